The Balaban J connectivity index is 4.25. The molecule has 0 spiro atoms. The van der Waals surface area contributed by atoms with E-state index in [0.717, 1.165) is 0 Å². The van der Waals surface area contributed by atoms with Gasteiger partial charge in [-0.2, -0.15) is 0 Å². The largest absolute Gasteiger partial charge is 0.790 e. The van der Waals surface area contributed by atoms with E-state index in [0.29, 0.717) is 0 Å². The number of Topliss-reactive ketones (excluding diaryl/α,β-unsaturated/α-hetero) is 1. The van der Waals surface area contributed by atoms with Crippen molar-refractivity contribution in [2.24, 2.45) is 0 Å². The number of carbonyl (C=O) groups excluding carboxylic acids is 1. The highest BCUT2D eigenvalue weighted by Gasteiger charge is 2.30. The average Bonchev–Trinajstić information content (AvgIpc) is 2.23. The summed E-state index contributed by atoms with van der Waals surface area (Å²) in [5.41, 5.74) is 0. The normalized spacial score (nSPS) is 17.5. The molecule has 17 heavy (non-hydrogen) atoms. The number of aliphatic hydroxyl groups is 3. The summed E-state index contributed by atoms with van der Waals surface area (Å²) < 4.78 is 18.1. The zero-order valence-corrected chi connectivity index (χ0v) is 9.78. The van der Waals surface area contributed by atoms with Gasteiger partial charge in [-0.15, -0.1) is 0 Å². The summed E-state index contributed by atoms with van der Waals surface area (Å²) in [7, 11) is -4.11. The highest BCUT2D eigenvalue weighted by atomic mass is 31.2. The van der Waals surface area contributed by atoms with E-state index in [1.165, 1.54) is 7.11 Å². The van der Waals surface area contributed by atoms with E-state index >= 15 is 0 Å². The van der Waals surface area contributed by atoms with Crippen LogP contribution in [0.15, 0.2) is 0 Å². The zero-order valence-electron chi connectivity index (χ0n) is 8.88. The Morgan fingerprint density at radius 3 is 2.29 bits per heavy atom. The molecule has 0 heterocycles. The molecule has 0 aromatic rings. The van der Waals surface area contributed by atoms with Crippen molar-refractivity contribution in [2.45, 2.75) is 18.3 Å². The number of hydrogen-bond donors (Lipinski definition) is 3. The van der Waals surface area contributed by atoms with Gasteiger partial charge in [0, 0.05) is 7.11 Å². The molecule has 0 saturated carbocycles. The Morgan fingerprint density at radius 1 is 1.35 bits per heavy atom. The lowest BCUT2D eigenvalue weighted by Crippen LogP contribution is -2.45. The first-order valence-corrected chi connectivity index (χ1v) is 5.87. The molecule has 0 aliphatic rings. The van der Waals surface area contributed by atoms with Gasteiger partial charge < -0.3 is 38.9 Å². The predicted molar refractivity (Wildman–Crippen MR) is 48.5 cm³/mol. The molecule has 102 valence electrons. The molecule has 10 heteroatoms. The number of aliphatic hydroxyl groups excluding tert-OH is 3. The van der Waals surface area contributed by atoms with Crippen LogP contribution >= 0.6 is 7.82 Å². The minimum absolute atomic E-state index is 0.339. The second-order valence-electron chi connectivity index (χ2n) is 3.15. The topological polar surface area (TPSA) is 159 Å². The Morgan fingerprint density at radius 2 is 1.88 bits per heavy atom. The Kier molecular flexibility index (Phi) is 6.98. The van der Waals surface area contributed by atoms with Gasteiger partial charge in [-0.05, 0) is 0 Å². The van der Waals surface area contributed by atoms with Crippen LogP contribution in [0.1, 0.15) is 0 Å². The maximum atomic E-state index is 11.1. The molecule has 0 aromatic heterocycles. The summed E-state index contributed by atoms with van der Waals surface area (Å²) >= 11 is 0. The van der Waals surface area contributed by atoms with E-state index < -0.39 is 38.5 Å². The monoisotopic (exact) mass is 272 g/mol. The molecule has 0 aliphatic carbocycles. The van der Waals surface area contributed by atoms with Crippen molar-refractivity contribution >= 4 is 13.6 Å². The van der Waals surface area contributed by atoms with Crippen LogP contribution in [0.5, 0.6) is 0 Å². The third kappa shape index (κ3) is 6.81. The number of methoxy groups -OCH3 is 1. The molecular weight excluding hydrogens is 259 g/mol. The highest BCUT2D eigenvalue weighted by Crippen LogP contribution is 2.24. The van der Waals surface area contributed by atoms with Crippen LogP contribution in [0.4, 0.5) is 0 Å². The summed E-state index contributed by atoms with van der Waals surface area (Å²) in [6.45, 7) is -1.55. The summed E-state index contributed by atoms with van der Waals surface area (Å²) in [5.74, 6) is -1.25. The van der Waals surface area contributed by atoms with Crippen LogP contribution < -0.4 is 9.79 Å². The number of phosphoric acid groups is 1. The van der Waals surface area contributed by atoms with E-state index in [-0.39, 0.29) is 6.61 Å². The molecule has 0 aliphatic heterocycles. The van der Waals surface area contributed by atoms with Gasteiger partial charge in [-0.3, -0.25) is 4.79 Å². The highest BCUT2D eigenvalue weighted by molar-refractivity contribution is 7.43. The van der Waals surface area contributed by atoms with Crippen molar-refractivity contribution in [3.63, 3.8) is 0 Å². The number of ether oxygens (including phenoxy) is 1. The van der Waals surface area contributed by atoms with Gasteiger partial charge in [0.2, 0.25) is 0 Å². The smallest absolute Gasteiger partial charge is 0.189 e. The van der Waals surface area contributed by atoms with Crippen LogP contribution in [0, 0.1) is 0 Å². The van der Waals surface area contributed by atoms with Crippen LogP contribution in [-0.4, -0.2) is 59.7 Å². The summed E-state index contributed by atoms with van der Waals surface area (Å²) in [5, 5.41) is 27.6. The van der Waals surface area contributed by atoms with Crippen LogP contribution in [0.25, 0.3) is 0 Å². The Hall–Kier alpha value is -0.380. The van der Waals surface area contributed by atoms with E-state index in [2.05, 4.69) is 9.26 Å². The van der Waals surface area contributed by atoms with E-state index in [4.69, 9.17) is 5.11 Å². The molecular formula is C7H13O9P-2. The fourth-order valence-corrected chi connectivity index (χ4v) is 1.18. The van der Waals surface area contributed by atoms with Gasteiger partial charge >= 0.3 is 0 Å². The number of hydrogen-bond acceptors (Lipinski definition) is 9. The molecule has 0 fully saturated rings. The summed E-state index contributed by atoms with van der Waals surface area (Å²) in [4.78, 5) is 31.2. The average molecular weight is 272 g/mol. The molecule has 9 nitrogen and oxygen atoms in total. The SMILES string of the molecule is COCC(O)[C@H](O)[C@@H](O)C(=O)COP(=O)([O-])[O-]. The van der Waals surface area contributed by atoms with E-state index in [9.17, 15) is 29.4 Å². The Labute approximate surface area is 96.8 Å². The van der Waals surface area contributed by atoms with E-state index in [1.807, 2.05) is 0 Å². The van der Waals surface area contributed by atoms with Gasteiger partial charge in [-0.1, -0.05) is 0 Å². The van der Waals surface area contributed by atoms with Crippen molar-refractivity contribution in [3.05, 3.63) is 0 Å². The van der Waals surface area contributed by atoms with Crippen molar-refractivity contribution in [2.75, 3.05) is 20.3 Å². The first kappa shape index (κ1) is 16.6. The lowest BCUT2D eigenvalue weighted by atomic mass is 10.1. The molecule has 0 rings (SSSR count). The van der Waals surface area contributed by atoms with E-state index in [1.54, 1.807) is 0 Å². The van der Waals surface area contributed by atoms with Gasteiger partial charge in [0.05, 0.1) is 14.4 Å². The van der Waals surface area contributed by atoms with Gasteiger partial charge in [-0.25, -0.2) is 0 Å². The number of phosphoric ester groups is 1. The second kappa shape index (κ2) is 7.14. The molecule has 0 amide bonds. The Bertz CT molecular complexity index is 287. The van der Waals surface area contributed by atoms with Crippen LogP contribution in [-0.2, 0) is 18.6 Å². The van der Waals surface area contributed by atoms with Crippen molar-refractivity contribution in [3.8, 4) is 0 Å². The fraction of sp³-hybridized carbons (Fsp3) is 0.857. The third-order valence-corrected chi connectivity index (χ3v) is 2.20. The number of carbonyl (C=O) groups is 1. The quantitative estimate of drug-likeness (QED) is 0.375. The molecule has 0 aromatic carbocycles. The fourth-order valence-electron chi connectivity index (χ4n) is 0.898. The first-order valence-electron chi connectivity index (χ1n) is 4.41. The van der Waals surface area contributed by atoms with Crippen molar-refractivity contribution in [1.29, 1.82) is 0 Å². The molecule has 0 saturated heterocycles. The zero-order chi connectivity index (χ0) is 13.6. The van der Waals surface area contributed by atoms with Gasteiger partial charge in [0.15, 0.2) is 5.78 Å². The molecule has 0 radical (unpaired) electrons. The third-order valence-electron chi connectivity index (χ3n) is 1.75. The lowest BCUT2D eigenvalue weighted by molar-refractivity contribution is -0.341. The van der Waals surface area contributed by atoms with Crippen LogP contribution in [0.3, 0.4) is 0 Å². The minimum Gasteiger partial charge on any atom is -0.790 e. The molecule has 0 bridgehead atoms. The van der Waals surface area contributed by atoms with Crippen molar-refractivity contribution < 1.29 is 43.7 Å². The van der Waals surface area contributed by atoms with Gasteiger partial charge in [0.1, 0.15) is 24.9 Å². The maximum Gasteiger partial charge on any atom is 0.189 e. The molecule has 3 atom stereocenters. The summed E-state index contributed by atoms with van der Waals surface area (Å²) in [6.07, 6.45) is -5.49. The maximum absolute atomic E-state index is 11.1. The number of rotatable bonds is 8. The number of ketones is 1. The van der Waals surface area contributed by atoms with Crippen molar-refractivity contribution in [1.82, 2.24) is 0 Å². The molecule has 3 N–H and O–H groups in total. The van der Waals surface area contributed by atoms with Gasteiger partial charge in [0.25, 0.3) is 0 Å². The molecule has 1 unspecified atom stereocenters. The standard InChI is InChI=1S/C7H15O9P/c1-15-2-4(8)6(10)7(11)5(9)3-16-17(12,13)14/h4,6-8,10-11H,2-3H2,1H3,(H2,12,13,14)/p-2/t4?,6-,7-/m0/s1. The first-order chi connectivity index (χ1) is 7.69. The summed E-state index contributed by atoms with van der Waals surface area (Å²) in [6, 6.07) is 0. The predicted octanol–water partition coefficient (Wildman–Crippen LogP) is -3.87. The van der Waals surface area contributed by atoms with Crippen LogP contribution in [0.2, 0.25) is 0 Å². The lowest BCUT2D eigenvalue weighted by Gasteiger charge is -2.29. The minimum atomic E-state index is -5.33. The second-order valence-corrected chi connectivity index (χ2v) is 4.30.